The van der Waals surface area contributed by atoms with Gasteiger partial charge in [-0.05, 0) is 37.4 Å². The Hall–Kier alpha value is -1.96. The molecule has 0 radical (unpaired) electrons. The number of carboxylic acids is 2. The number of ether oxygens (including phenoxy) is 2. The van der Waals surface area contributed by atoms with Gasteiger partial charge in [0.1, 0.15) is 17.7 Å². The number of amides is 1. The smallest absolute Gasteiger partial charge is 0.408 e. The Morgan fingerprint density at radius 3 is 2.12 bits per heavy atom. The molecule has 32 heavy (non-hydrogen) atoms. The van der Waals surface area contributed by atoms with Crippen LogP contribution in [0.2, 0.25) is 0 Å². The first-order valence-corrected chi connectivity index (χ1v) is 12.0. The van der Waals surface area contributed by atoms with E-state index in [1.165, 1.54) is 44.9 Å². The van der Waals surface area contributed by atoms with Gasteiger partial charge in [0.25, 0.3) is 0 Å². The summed E-state index contributed by atoms with van der Waals surface area (Å²) >= 11 is 5.96. The molecule has 1 heterocycles. The quantitative estimate of drug-likeness (QED) is 0.235. The van der Waals surface area contributed by atoms with Crippen molar-refractivity contribution in [1.82, 2.24) is 5.32 Å². The van der Waals surface area contributed by atoms with Crippen molar-refractivity contribution in [2.45, 2.75) is 115 Å². The van der Waals surface area contributed by atoms with E-state index in [0.29, 0.717) is 12.8 Å². The lowest BCUT2D eigenvalue weighted by Gasteiger charge is -2.33. The van der Waals surface area contributed by atoms with E-state index in [1.54, 1.807) is 13.0 Å². The van der Waals surface area contributed by atoms with Crippen LogP contribution in [0.5, 0.6) is 0 Å². The number of carbonyl (C=O) groups is 3. The lowest BCUT2D eigenvalue weighted by Crippen LogP contribution is -2.48. The maximum absolute atomic E-state index is 12.3. The molecule has 1 aliphatic rings. The molecule has 3 unspecified atom stereocenters. The van der Waals surface area contributed by atoms with E-state index in [1.807, 2.05) is 0 Å². The summed E-state index contributed by atoms with van der Waals surface area (Å²) in [5.41, 5.74) is -0.848. The summed E-state index contributed by atoms with van der Waals surface area (Å²) < 4.78 is 11.2. The van der Waals surface area contributed by atoms with Crippen LogP contribution >= 0.6 is 11.6 Å². The van der Waals surface area contributed by atoms with Gasteiger partial charge in [0.05, 0.1) is 6.42 Å². The number of unbranched alkanes of at least 4 members (excludes halogenated alkanes) is 9. The van der Waals surface area contributed by atoms with E-state index in [0.717, 1.165) is 19.3 Å². The van der Waals surface area contributed by atoms with Gasteiger partial charge >= 0.3 is 18.0 Å². The minimum atomic E-state index is -1.57. The van der Waals surface area contributed by atoms with Crippen LogP contribution in [-0.4, -0.2) is 46.0 Å². The monoisotopic (exact) mass is 475 g/mol. The summed E-state index contributed by atoms with van der Waals surface area (Å²) in [4.78, 5) is 34.4. The second-order valence-electron chi connectivity index (χ2n) is 8.62. The average Bonchev–Trinajstić information content (AvgIpc) is 3.07. The largest absolute Gasteiger partial charge is 0.481 e. The average molecular weight is 476 g/mol. The van der Waals surface area contributed by atoms with Crippen molar-refractivity contribution in [3.8, 4) is 0 Å². The maximum Gasteiger partial charge on any atom is 0.408 e. The Labute approximate surface area is 195 Å². The highest BCUT2D eigenvalue weighted by atomic mass is 35.5. The number of halogens is 1. The zero-order chi connectivity index (χ0) is 24.0. The van der Waals surface area contributed by atoms with E-state index in [9.17, 15) is 14.4 Å². The lowest BCUT2D eigenvalue weighted by molar-refractivity contribution is -0.145. The van der Waals surface area contributed by atoms with E-state index >= 15 is 0 Å². The second kappa shape index (κ2) is 15.0. The predicted octanol–water partition coefficient (Wildman–Crippen LogP) is 5.58. The molecule has 0 spiro atoms. The van der Waals surface area contributed by atoms with Crippen molar-refractivity contribution in [2.75, 3.05) is 0 Å². The summed E-state index contributed by atoms with van der Waals surface area (Å²) in [6, 6.07) is -1.57. The first-order chi connectivity index (χ1) is 15.2. The SMILES string of the molecule is CCCCCCCCCCCCC(OC(=O)NC(CC(=O)O)C(=O)O)C1(C)CC=C(Cl)O1. The Morgan fingerprint density at radius 2 is 1.66 bits per heavy atom. The van der Waals surface area contributed by atoms with Crippen LogP contribution in [-0.2, 0) is 19.1 Å². The topological polar surface area (TPSA) is 122 Å². The molecule has 0 aromatic rings. The Balaban J connectivity index is 2.50. The Morgan fingerprint density at radius 1 is 1.09 bits per heavy atom. The fourth-order valence-corrected chi connectivity index (χ4v) is 4.03. The maximum atomic E-state index is 12.3. The van der Waals surface area contributed by atoms with Gasteiger partial charge in [-0.25, -0.2) is 9.59 Å². The van der Waals surface area contributed by atoms with Gasteiger partial charge in [0, 0.05) is 6.42 Å². The van der Waals surface area contributed by atoms with Gasteiger partial charge in [0.15, 0.2) is 5.22 Å². The molecule has 0 aromatic heterocycles. The van der Waals surface area contributed by atoms with Crippen molar-refractivity contribution < 1.29 is 34.1 Å². The second-order valence-corrected chi connectivity index (χ2v) is 9.00. The molecule has 9 heteroatoms. The molecular weight excluding hydrogens is 438 g/mol. The highest BCUT2D eigenvalue weighted by Gasteiger charge is 2.42. The van der Waals surface area contributed by atoms with Crippen LogP contribution in [0.25, 0.3) is 0 Å². The van der Waals surface area contributed by atoms with E-state index < -0.39 is 42.2 Å². The Kier molecular flexibility index (Phi) is 13.1. The third kappa shape index (κ3) is 11.1. The van der Waals surface area contributed by atoms with Crippen LogP contribution in [0.1, 0.15) is 97.3 Å². The molecule has 3 N–H and O–H groups in total. The fraction of sp³-hybridized carbons (Fsp3) is 0.783. The molecule has 0 saturated heterocycles. The van der Waals surface area contributed by atoms with Gasteiger partial charge in [0.2, 0.25) is 0 Å². The molecule has 0 fully saturated rings. The molecule has 1 amide bonds. The van der Waals surface area contributed by atoms with Gasteiger partial charge < -0.3 is 25.0 Å². The third-order valence-corrected chi connectivity index (χ3v) is 5.95. The summed E-state index contributed by atoms with van der Waals surface area (Å²) in [6.07, 6.45) is 12.1. The van der Waals surface area contributed by atoms with Crippen LogP contribution in [0.3, 0.4) is 0 Å². The molecule has 1 rings (SSSR count). The van der Waals surface area contributed by atoms with Gasteiger partial charge in [-0.15, -0.1) is 0 Å². The van der Waals surface area contributed by atoms with Crippen molar-refractivity contribution in [3.05, 3.63) is 11.3 Å². The zero-order valence-electron chi connectivity index (χ0n) is 19.2. The minimum Gasteiger partial charge on any atom is -0.481 e. The van der Waals surface area contributed by atoms with Crippen LogP contribution in [0.15, 0.2) is 11.3 Å². The van der Waals surface area contributed by atoms with Gasteiger partial charge in [-0.1, -0.05) is 64.7 Å². The summed E-state index contributed by atoms with van der Waals surface area (Å²) in [5, 5.41) is 20.3. The van der Waals surface area contributed by atoms with Gasteiger partial charge in [-0.3, -0.25) is 4.79 Å². The number of alkyl carbamates (subject to hydrolysis) is 1. The number of nitrogens with one attached hydrogen (secondary N) is 1. The fourth-order valence-electron chi connectivity index (χ4n) is 3.77. The highest BCUT2D eigenvalue weighted by molar-refractivity contribution is 6.28. The number of aliphatic carboxylic acids is 2. The lowest BCUT2D eigenvalue weighted by atomic mass is 9.91. The Bertz CT molecular complexity index is 640. The molecule has 0 saturated carbocycles. The van der Waals surface area contributed by atoms with Crippen molar-refractivity contribution in [1.29, 1.82) is 0 Å². The van der Waals surface area contributed by atoms with Crippen LogP contribution < -0.4 is 5.32 Å². The molecule has 184 valence electrons. The van der Waals surface area contributed by atoms with Crippen molar-refractivity contribution in [2.24, 2.45) is 0 Å². The molecular formula is C23H38ClNO7. The summed E-state index contributed by atoms with van der Waals surface area (Å²) in [7, 11) is 0. The van der Waals surface area contributed by atoms with E-state index in [4.69, 9.17) is 31.3 Å². The molecule has 0 aliphatic carbocycles. The van der Waals surface area contributed by atoms with Gasteiger partial charge in [-0.2, -0.15) is 0 Å². The first kappa shape index (κ1) is 28.1. The van der Waals surface area contributed by atoms with E-state index in [-0.39, 0.29) is 5.22 Å². The predicted molar refractivity (Wildman–Crippen MR) is 122 cm³/mol. The van der Waals surface area contributed by atoms with E-state index in [2.05, 4.69) is 12.2 Å². The van der Waals surface area contributed by atoms with Crippen molar-refractivity contribution in [3.63, 3.8) is 0 Å². The molecule has 0 aromatic carbocycles. The summed E-state index contributed by atoms with van der Waals surface area (Å²) in [6.45, 7) is 4.00. The number of carbonyl (C=O) groups excluding carboxylic acids is 1. The van der Waals surface area contributed by atoms with Crippen LogP contribution in [0, 0.1) is 0 Å². The molecule has 3 atom stereocenters. The number of hydrogen-bond acceptors (Lipinski definition) is 5. The number of carboxylic acid groups (broad SMARTS) is 2. The molecule has 0 bridgehead atoms. The zero-order valence-corrected chi connectivity index (χ0v) is 20.0. The minimum absolute atomic E-state index is 0.235. The molecule has 1 aliphatic heterocycles. The standard InChI is InChI=1S/C23H38ClNO7/c1-3-4-5-6-7-8-9-10-11-12-13-18(23(2)15-14-19(24)32-23)31-22(30)25-17(21(28)29)16-20(26)27/h14,17-18H,3-13,15-16H2,1-2H3,(H,25,30)(H,26,27)(H,28,29). The number of rotatable bonds is 17. The van der Waals surface area contributed by atoms with Crippen LogP contribution in [0.4, 0.5) is 4.79 Å². The third-order valence-electron chi connectivity index (χ3n) is 5.72. The molecule has 8 nitrogen and oxygen atoms in total. The number of hydrogen-bond donors (Lipinski definition) is 3. The normalized spacial score (nSPS) is 19.5. The highest BCUT2D eigenvalue weighted by Crippen LogP contribution is 2.36. The van der Waals surface area contributed by atoms with Crippen molar-refractivity contribution >= 4 is 29.6 Å². The summed E-state index contributed by atoms with van der Waals surface area (Å²) in [5.74, 6) is -2.77. The first-order valence-electron chi connectivity index (χ1n) is 11.6.